The topological polar surface area (TPSA) is 48.9 Å². The third kappa shape index (κ3) is 6.40. The van der Waals surface area contributed by atoms with Gasteiger partial charge in [0.05, 0.1) is 20.2 Å². The van der Waals surface area contributed by atoms with E-state index in [0.29, 0.717) is 38.6 Å². The van der Waals surface area contributed by atoms with Crippen molar-refractivity contribution in [3.05, 3.63) is 29.3 Å². The van der Waals surface area contributed by atoms with Gasteiger partial charge in [0.2, 0.25) is 0 Å². The standard InChI is InChI=1S/C18H27F3N4O/c1-4-22-17(23-10-14-6-5-13(2)9-16(14)26-3)24-15-7-8-25(11-15)12-18(19,20)21/h5-6,9,15H,4,7-8,10-12H2,1-3H3,(H2,22,23,24). The van der Waals surface area contributed by atoms with E-state index >= 15 is 0 Å². The Morgan fingerprint density at radius 1 is 1.38 bits per heavy atom. The third-order valence-electron chi connectivity index (χ3n) is 4.21. The highest BCUT2D eigenvalue weighted by atomic mass is 19.4. The minimum absolute atomic E-state index is 0.0462. The molecule has 0 spiro atoms. The fourth-order valence-electron chi connectivity index (χ4n) is 3.01. The highest BCUT2D eigenvalue weighted by Gasteiger charge is 2.34. The largest absolute Gasteiger partial charge is 0.496 e. The normalized spacial score (nSPS) is 18.8. The molecule has 1 aliphatic rings. The molecule has 2 rings (SSSR count). The molecule has 26 heavy (non-hydrogen) atoms. The number of aryl methyl sites for hydroxylation is 1. The summed E-state index contributed by atoms with van der Waals surface area (Å²) < 4.78 is 42.9. The summed E-state index contributed by atoms with van der Waals surface area (Å²) in [6, 6.07) is 5.88. The van der Waals surface area contributed by atoms with E-state index in [1.54, 1.807) is 7.11 Å². The Kier molecular flexibility index (Phi) is 7.14. The number of rotatable bonds is 6. The van der Waals surface area contributed by atoms with Crippen molar-refractivity contribution in [2.45, 2.75) is 39.0 Å². The van der Waals surface area contributed by atoms with Gasteiger partial charge >= 0.3 is 6.18 Å². The van der Waals surface area contributed by atoms with Crippen molar-refractivity contribution in [2.24, 2.45) is 4.99 Å². The van der Waals surface area contributed by atoms with Gasteiger partial charge in [0.25, 0.3) is 0 Å². The van der Waals surface area contributed by atoms with E-state index in [1.165, 1.54) is 4.90 Å². The molecule has 0 aliphatic carbocycles. The van der Waals surface area contributed by atoms with Crippen LogP contribution in [-0.4, -0.2) is 56.4 Å². The Morgan fingerprint density at radius 2 is 2.15 bits per heavy atom. The van der Waals surface area contributed by atoms with Crippen LogP contribution < -0.4 is 15.4 Å². The number of nitrogens with zero attached hydrogens (tertiary/aromatic N) is 2. The fourth-order valence-corrected chi connectivity index (χ4v) is 3.01. The van der Waals surface area contributed by atoms with Crippen LogP contribution in [-0.2, 0) is 6.54 Å². The Hall–Kier alpha value is -1.96. The molecule has 2 N–H and O–H groups in total. The summed E-state index contributed by atoms with van der Waals surface area (Å²) in [7, 11) is 1.62. The molecular weight excluding hydrogens is 345 g/mol. The lowest BCUT2D eigenvalue weighted by atomic mass is 10.1. The number of aliphatic imine (C=N–C) groups is 1. The summed E-state index contributed by atoms with van der Waals surface area (Å²) in [5.74, 6) is 1.39. The number of likely N-dealkylation sites (tertiary alicyclic amines) is 1. The van der Waals surface area contributed by atoms with Crippen LogP contribution in [0.4, 0.5) is 13.2 Å². The molecule has 0 radical (unpaired) electrons. The monoisotopic (exact) mass is 372 g/mol. The maximum absolute atomic E-state index is 12.5. The predicted octanol–water partition coefficient (Wildman–Crippen LogP) is 2.70. The van der Waals surface area contributed by atoms with Gasteiger partial charge in [-0.1, -0.05) is 12.1 Å². The fraction of sp³-hybridized carbons (Fsp3) is 0.611. The number of methoxy groups -OCH3 is 1. The van der Waals surface area contributed by atoms with Crippen molar-refractivity contribution in [1.29, 1.82) is 0 Å². The SMILES string of the molecule is CCNC(=NCc1ccc(C)cc1OC)NC1CCN(CC(F)(F)F)C1. The van der Waals surface area contributed by atoms with Crippen LogP contribution in [0.15, 0.2) is 23.2 Å². The van der Waals surface area contributed by atoms with Crippen molar-refractivity contribution in [3.63, 3.8) is 0 Å². The molecule has 0 bridgehead atoms. The van der Waals surface area contributed by atoms with E-state index in [-0.39, 0.29) is 6.04 Å². The van der Waals surface area contributed by atoms with Crippen molar-refractivity contribution < 1.29 is 17.9 Å². The van der Waals surface area contributed by atoms with Crippen LogP contribution in [0, 0.1) is 6.92 Å². The Balaban J connectivity index is 1.97. The summed E-state index contributed by atoms with van der Waals surface area (Å²) in [5.41, 5.74) is 2.07. The summed E-state index contributed by atoms with van der Waals surface area (Å²) in [6.07, 6.45) is -3.50. The van der Waals surface area contributed by atoms with E-state index < -0.39 is 12.7 Å². The van der Waals surface area contributed by atoms with Crippen molar-refractivity contribution in [3.8, 4) is 5.75 Å². The number of guanidine groups is 1. The maximum Gasteiger partial charge on any atom is 0.401 e. The summed E-state index contributed by atoms with van der Waals surface area (Å²) in [4.78, 5) is 5.98. The van der Waals surface area contributed by atoms with Crippen LogP contribution in [0.25, 0.3) is 0 Å². The Morgan fingerprint density at radius 3 is 2.81 bits per heavy atom. The molecule has 0 aromatic heterocycles. The van der Waals surface area contributed by atoms with E-state index in [2.05, 4.69) is 15.6 Å². The van der Waals surface area contributed by atoms with Crippen LogP contribution in [0.2, 0.25) is 0 Å². The number of alkyl halides is 3. The zero-order valence-corrected chi connectivity index (χ0v) is 15.5. The summed E-state index contributed by atoms with van der Waals surface area (Å²) in [6.45, 7) is 4.98. The van der Waals surface area contributed by atoms with Gasteiger partial charge in [0.15, 0.2) is 5.96 Å². The Labute approximate surface area is 152 Å². The van der Waals surface area contributed by atoms with Crippen molar-refractivity contribution in [2.75, 3.05) is 33.3 Å². The molecule has 0 saturated carbocycles. The average molecular weight is 372 g/mol. The quantitative estimate of drug-likeness (QED) is 0.596. The predicted molar refractivity (Wildman–Crippen MR) is 96.6 cm³/mol. The minimum Gasteiger partial charge on any atom is -0.496 e. The van der Waals surface area contributed by atoms with E-state index in [9.17, 15) is 13.2 Å². The van der Waals surface area contributed by atoms with Gasteiger partial charge in [-0.05, 0) is 31.9 Å². The molecule has 8 heteroatoms. The summed E-state index contributed by atoms with van der Waals surface area (Å²) in [5, 5.41) is 6.39. The van der Waals surface area contributed by atoms with E-state index in [4.69, 9.17) is 4.74 Å². The number of halogens is 3. The lowest BCUT2D eigenvalue weighted by Gasteiger charge is -2.20. The molecule has 1 atom stereocenters. The van der Waals surface area contributed by atoms with Gasteiger partial charge in [-0.2, -0.15) is 13.2 Å². The molecular formula is C18H27F3N4O. The van der Waals surface area contributed by atoms with Crippen LogP contribution in [0.5, 0.6) is 5.75 Å². The second kappa shape index (κ2) is 9.12. The first-order valence-corrected chi connectivity index (χ1v) is 8.78. The van der Waals surface area contributed by atoms with Crippen molar-refractivity contribution >= 4 is 5.96 Å². The summed E-state index contributed by atoms with van der Waals surface area (Å²) >= 11 is 0. The molecule has 0 amide bonds. The molecule has 1 fully saturated rings. The highest BCUT2D eigenvalue weighted by molar-refractivity contribution is 5.80. The molecule has 1 aliphatic heterocycles. The smallest absolute Gasteiger partial charge is 0.401 e. The third-order valence-corrected chi connectivity index (χ3v) is 4.21. The number of hydrogen-bond donors (Lipinski definition) is 2. The van der Waals surface area contributed by atoms with Gasteiger partial charge in [-0.25, -0.2) is 4.99 Å². The van der Waals surface area contributed by atoms with Gasteiger partial charge in [0, 0.05) is 31.2 Å². The van der Waals surface area contributed by atoms with Crippen LogP contribution >= 0.6 is 0 Å². The minimum atomic E-state index is -4.16. The second-order valence-corrected chi connectivity index (χ2v) is 6.49. The molecule has 1 aromatic carbocycles. The van der Waals surface area contributed by atoms with E-state index in [1.807, 2.05) is 32.0 Å². The highest BCUT2D eigenvalue weighted by Crippen LogP contribution is 2.21. The molecule has 1 unspecified atom stereocenters. The van der Waals surface area contributed by atoms with Crippen molar-refractivity contribution in [1.82, 2.24) is 15.5 Å². The maximum atomic E-state index is 12.5. The first kappa shape index (κ1) is 20.4. The van der Waals surface area contributed by atoms with Crippen LogP contribution in [0.1, 0.15) is 24.5 Å². The number of nitrogens with one attached hydrogen (secondary N) is 2. The van der Waals surface area contributed by atoms with Gasteiger partial charge < -0.3 is 15.4 Å². The second-order valence-electron chi connectivity index (χ2n) is 6.49. The van der Waals surface area contributed by atoms with Gasteiger partial charge in [0.1, 0.15) is 5.75 Å². The lowest BCUT2D eigenvalue weighted by molar-refractivity contribution is -0.143. The first-order valence-electron chi connectivity index (χ1n) is 8.78. The molecule has 1 heterocycles. The molecule has 146 valence electrons. The Bertz CT molecular complexity index is 619. The van der Waals surface area contributed by atoms with Crippen LogP contribution in [0.3, 0.4) is 0 Å². The number of hydrogen-bond acceptors (Lipinski definition) is 3. The zero-order chi connectivity index (χ0) is 19.2. The number of ether oxygens (including phenoxy) is 1. The molecule has 1 aromatic rings. The average Bonchev–Trinajstić information content (AvgIpc) is 2.98. The van der Waals surface area contributed by atoms with Gasteiger partial charge in [-0.15, -0.1) is 0 Å². The molecule has 5 nitrogen and oxygen atoms in total. The molecule has 1 saturated heterocycles. The zero-order valence-electron chi connectivity index (χ0n) is 15.5. The van der Waals surface area contributed by atoms with Gasteiger partial charge in [-0.3, -0.25) is 4.90 Å². The first-order chi connectivity index (χ1) is 12.3. The number of benzene rings is 1. The van der Waals surface area contributed by atoms with E-state index in [0.717, 1.165) is 16.9 Å². The lowest BCUT2D eigenvalue weighted by Crippen LogP contribution is -2.45.